The highest BCUT2D eigenvalue weighted by molar-refractivity contribution is 5.91. The Bertz CT molecular complexity index is 781. The number of benzene rings is 1. The van der Waals surface area contributed by atoms with Crippen molar-refractivity contribution in [3.8, 4) is 0 Å². The third kappa shape index (κ3) is 5.45. The Hall–Kier alpha value is -3.09. The molecule has 0 aliphatic carbocycles. The normalized spacial score (nSPS) is 14.5. The molecule has 1 aromatic carbocycles. The summed E-state index contributed by atoms with van der Waals surface area (Å²) in [6.07, 6.45) is 2.98. The van der Waals surface area contributed by atoms with Crippen molar-refractivity contribution in [1.82, 2.24) is 15.5 Å². The number of carbonyl (C=O) groups excluding carboxylic acids is 3. The molecule has 2 aromatic rings. The van der Waals surface area contributed by atoms with E-state index < -0.39 is 0 Å². The summed E-state index contributed by atoms with van der Waals surface area (Å²) in [7, 11) is 0. The largest absolute Gasteiger partial charge is 0.459 e. The van der Waals surface area contributed by atoms with E-state index in [1.165, 1.54) is 6.26 Å². The van der Waals surface area contributed by atoms with Gasteiger partial charge in [0.1, 0.15) is 0 Å². The Morgan fingerprint density at radius 1 is 1.00 bits per heavy atom. The van der Waals surface area contributed by atoms with Crippen LogP contribution in [-0.2, 0) is 16.1 Å². The third-order valence-corrected chi connectivity index (χ3v) is 4.90. The molecule has 0 saturated carbocycles. The Morgan fingerprint density at radius 2 is 1.75 bits per heavy atom. The average molecular weight is 383 g/mol. The van der Waals surface area contributed by atoms with Crippen molar-refractivity contribution in [1.29, 1.82) is 0 Å². The van der Waals surface area contributed by atoms with Crippen LogP contribution in [0.15, 0.2) is 53.1 Å². The number of nitrogens with zero attached hydrogens (tertiary/aromatic N) is 1. The second-order valence-corrected chi connectivity index (χ2v) is 6.84. The van der Waals surface area contributed by atoms with E-state index in [1.807, 2.05) is 30.3 Å². The molecule has 1 aromatic heterocycles. The van der Waals surface area contributed by atoms with Gasteiger partial charge in [-0.2, -0.15) is 0 Å². The minimum absolute atomic E-state index is 0.0112. The molecule has 2 N–H and O–H groups in total. The molecule has 3 amide bonds. The number of carbonyl (C=O) groups is 3. The van der Waals surface area contributed by atoms with Crippen molar-refractivity contribution in [2.24, 2.45) is 5.92 Å². The van der Waals surface area contributed by atoms with E-state index >= 15 is 0 Å². The standard InChI is InChI=1S/C21H25N3O4/c25-19(8-11-22-21(27)18-7-4-14-28-18)24-12-9-17(10-13-24)20(26)23-15-16-5-2-1-3-6-16/h1-7,14,17H,8-13,15H2,(H,22,27)(H,23,26). The van der Waals surface area contributed by atoms with Crippen molar-refractivity contribution in [3.63, 3.8) is 0 Å². The van der Waals surface area contributed by atoms with Crippen LogP contribution in [0.5, 0.6) is 0 Å². The zero-order chi connectivity index (χ0) is 19.8. The van der Waals surface area contributed by atoms with E-state index in [2.05, 4.69) is 10.6 Å². The number of nitrogens with one attached hydrogen (secondary N) is 2. The van der Waals surface area contributed by atoms with Crippen LogP contribution in [0.25, 0.3) is 0 Å². The molecule has 1 saturated heterocycles. The van der Waals surface area contributed by atoms with Gasteiger partial charge in [0.05, 0.1) is 6.26 Å². The van der Waals surface area contributed by atoms with Gasteiger partial charge in [0.15, 0.2) is 5.76 Å². The lowest BCUT2D eigenvalue weighted by Gasteiger charge is -2.31. The first-order valence-electron chi connectivity index (χ1n) is 9.54. The molecule has 0 spiro atoms. The van der Waals surface area contributed by atoms with Crippen LogP contribution in [0.1, 0.15) is 35.4 Å². The zero-order valence-electron chi connectivity index (χ0n) is 15.7. The maximum Gasteiger partial charge on any atom is 0.286 e. The number of hydrogen-bond donors (Lipinski definition) is 2. The molecule has 0 bridgehead atoms. The Labute approximate surface area is 164 Å². The van der Waals surface area contributed by atoms with Gasteiger partial charge < -0.3 is 20.0 Å². The predicted molar refractivity (Wildman–Crippen MR) is 103 cm³/mol. The summed E-state index contributed by atoms with van der Waals surface area (Å²) in [5.74, 6) is -0.127. The van der Waals surface area contributed by atoms with E-state index in [0.717, 1.165) is 5.56 Å². The fourth-order valence-electron chi connectivity index (χ4n) is 3.26. The van der Waals surface area contributed by atoms with Crippen LogP contribution in [0.2, 0.25) is 0 Å². The molecular formula is C21H25N3O4. The van der Waals surface area contributed by atoms with Crippen molar-refractivity contribution >= 4 is 17.7 Å². The summed E-state index contributed by atoms with van der Waals surface area (Å²) in [6.45, 7) is 1.91. The number of piperidine rings is 1. The highest BCUT2D eigenvalue weighted by atomic mass is 16.3. The predicted octanol–water partition coefficient (Wildman–Crippen LogP) is 1.95. The van der Waals surface area contributed by atoms with Gasteiger partial charge in [-0.15, -0.1) is 0 Å². The quantitative estimate of drug-likeness (QED) is 0.765. The first-order valence-corrected chi connectivity index (χ1v) is 9.54. The van der Waals surface area contributed by atoms with Crippen molar-refractivity contribution in [3.05, 3.63) is 60.1 Å². The second-order valence-electron chi connectivity index (χ2n) is 6.84. The summed E-state index contributed by atoms with van der Waals surface area (Å²) in [5.41, 5.74) is 1.07. The minimum atomic E-state index is -0.327. The molecule has 7 nitrogen and oxygen atoms in total. The fraction of sp³-hybridized carbons (Fsp3) is 0.381. The lowest BCUT2D eigenvalue weighted by atomic mass is 9.95. The molecular weight excluding hydrogens is 358 g/mol. The molecule has 0 radical (unpaired) electrons. The summed E-state index contributed by atoms with van der Waals surface area (Å²) in [6, 6.07) is 13.0. The van der Waals surface area contributed by atoms with Crippen LogP contribution in [-0.4, -0.2) is 42.3 Å². The Balaban J connectivity index is 1.34. The zero-order valence-corrected chi connectivity index (χ0v) is 15.7. The summed E-state index contributed by atoms with van der Waals surface area (Å²) >= 11 is 0. The maximum absolute atomic E-state index is 12.3. The highest BCUT2D eigenvalue weighted by Gasteiger charge is 2.27. The fourth-order valence-corrected chi connectivity index (χ4v) is 3.26. The Kier molecular flexibility index (Phi) is 6.84. The van der Waals surface area contributed by atoms with Crippen LogP contribution in [0, 0.1) is 5.92 Å². The lowest BCUT2D eigenvalue weighted by Crippen LogP contribution is -2.43. The molecule has 1 aliphatic heterocycles. The van der Waals surface area contributed by atoms with Gasteiger partial charge in [0.2, 0.25) is 11.8 Å². The van der Waals surface area contributed by atoms with E-state index in [4.69, 9.17) is 4.42 Å². The number of hydrogen-bond acceptors (Lipinski definition) is 4. The summed E-state index contributed by atoms with van der Waals surface area (Å²) < 4.78 is 5.01. The third-order valence-electron chi connectivity index (χ3n) is 4.90. The number of rotatable bonds is 7. The summed E-state index contributed by atoms with van der Waals surface area (Å²) in [5, 5.41) is 5.64. The van der Waals surface area contributed by atoms with E-state index in [0.29, 0.717) is 32.5 Å². The molecule has 0 atom stereocenters. The second kappa shape index (κ2) is 9.73. The van der Waals surface area contributed by atoms with Crippen LogP contribution in [0.3, 0.4) is 0 Å². The molecule has 3 rings (SSSR count). The lowest BCUT2D eigenvalue weighted by molar-refractivity contribution is -0.135. The number of likely N-dealkylation sites (tertiary alicyclic amines) is 1. The monoisotopic (exact) mass is 383 g/mol. The smallest absolute Gasteiger partial charge is 0.286 e. The van der Waals surface area contributed by atoms with Crippen LogP contribution in [0.4, 0.5) is 0 Å². The molecule has 2 heterocycles. The first-order chi connectivity index (χ1) is 13.6. The van der Waals surface area contributed by atoms with Gasteiger partial charge in [-0.25, -0.2) is 0 Å². The Morgan fingerprint density at radius 3 is 2.43 bits per heavy atom. The van der Waals surface area contributed by atoms with Gasteiger partial charge in [-0.05, 0) is 30.5 Å². The van der Waals surface area contributed by atoms with Crippen molar-refractivity contribution < 1.29 is 18.8 Å². The average Bonchev–Trinajstić information content (AvgIpc) is 3.28. The van der Waals surface area contributed by atoms with Crippen molar-refractivity contribution in [2.75, 3.05) is 19.6 Å². The van der Waals surface area contributed by atoms with Gasteiger partial charge in [-0.3, -0.25) is 14.4 Å². The maximum atomic E-state index is 12.3. The van der Waals surface area contributed by atoms with Crippen LogP contribution < -0.4 is 10.6 Å². The van der Waals surface area contributed by atoms with Gasteiger partial charge in [0.25, 0.3) is 5.91 Å². The van der Waals surface area contributed by atoms with Gasteiger partial charge >= 0.3 is 0 Å². The van der Waals surface area contributed by atoms with Crippen LogP contribution >= 0.6 is 0 Å². The van der Waals surface area contributed by atoms with E-state index in [-0.39, 0.29) is 42.4 Å². The molecule has 28 heavy (non-hydrogen) atoms. The number of amides is 3. The van der Waals surface area contributed by atoms with E-state index in [9.17, 15) is 14.4 Å². The summed E-state index contributed by atoms with van der Waals surface area (Å²) in [4.78, 5) is 38.2. The SMILES string of the molecule is O=C(NCCC(=O)N1CCC(C(=O)NCc2ccccc2)CC1)c1ccco1. The molecule has 1 fully saturated rings. The van der Waals surface area contributed by atoms with Gasteiger partial charge in [0, 0.05) is 38.5 Å². The molecule has 1 aliphatic rings. The van der Waals surface area contributed by atoms with E-state index in [1.54, 1.807) is 17.0 Å². The first kappa shape index (κ1) is 19.7. The minimum Gasteiger partial charge on any atom is -0.459 e. The molecule has 0 unspecified atom stereocenters. The van der Waals surface area contributed by atoms with Gasteiger partial charge in [-0.1, -0.05) is 30.3 Å². The highest BCUT2D eigenvalue weighted by Crippen LogP contribution is 2.18. The topological polar surface area (TPSA) is 91.7 Å². The molecule has 7 heteroatoms. The number of furan rings is 1. The van der Waals surface area contributed by atoms with Crippen molar-refractivity contribution in [2.45, 2.75) is 25.8 Å². The molecule has 148 valence electrons.